The minimum absolute atomic E-state index is 0.00655. The molecule has 3 N–H and O–H groups in total. The lowest BCUT2D eigenvalue weighted by Crippen LogP contribution is -2.14. The number of nitrogens with two attached hydrogens (primary N) is 1. The normalized spacial score (nSPS) is 11.4. The lowest BCUT2D eigenvalue weighted by atomic mass is 10.1. The van der Waals surface area contributed by atoms with E-state index in [4.69, 9.17) is 5.14 Å². The molecular formula is C14H14F2N2O2S. The van der Waals surface area contributed by atoms with Crippen LogP contribution in [0.3, 0.4) is 0 Å². The molecule has 4 nitrogen and oxygen atoms in total. The molecule has 2 aromatic rings. The van der Waals surface area contributed by atoms with E-state index in [9.17, 15) is 17.2 Å². The van der Waals surface area contributed by atoms with Gasteiger partial charge in [0.05, 0.1) is 4.90 Å². The largest absolute Gasteiger partial charge is 0.381 e. The van der Waals surface area contributed by atoms with E-state index in [0.717, 1.165) is 12.1 Å². The summed E-state index contributed by atoms with van der Waals surface area (Å²) in [6, 6.07) is 7.88. The summed E-state index contributed by atoms with van der Waals surface area (Å²) in [6.07, 6.45) is 0. The van der Waals surface area contributed by atoms with Gasteiger partial charge in [-0.1, -0.05) is 12.1 Å². The van der Waals surface area contributed by atoms with Crippen LogP contribution in [-0.4, -0.2) is 8.42 Å². The second kappa shape index (κ2) is 5.79. The molecular weight excluding hydrogens is 298 g/mol. The van der Waals surface area contributed by atoms with Crippen molar-refractivity contribution in [3.63, 3.8) is 0 Å². The fourth-order valence-corrected chi connectivity index (χ4v) is 2.77. The Labute approximate surface area is 121 Å². The van der Waals surface area contributed by atoms with Crippen LogP contribution < -0.4 is 10.5 Å². The Balaban J connectivity index is 2.25. The predicted molar refractivity (Wildman–Crippen MR) is 76.2 cm³/mol. The number of anilines is 1. The van der Waals surface area contributed by atoms with Crippen LogP contribution in [0.25, 0.3) is 0 Å². The first-order valence-corrected chi connectivity index (χ1v) is 7.64. The van der Waals surface area contributed by atoms with Crippen molar-refractivity contribution in [2.75, 3.05) is 5.32 Å². The smallest absolute Gasteiger partial charge is 0.238 e. The molecule has 0 fully saturated rings. The zero-order chi connectivity index (χ0) is 15.6. The van der Waals surface area contributed by atoms with Crippen LogP contribution in [-0.2, 0) is 16.6 Å². The van der Waals surface area contributed by atoms with Gasteiger partial charge in [0.25, 0.3) is 0 Å². The second-order valence-corrected chi connectivity index (χ2v) is 6.09. The number of hydrogen-bond acceptors (Lipinski definition) is 3. The highest BCUT2D eigenvalue weighted by Crippen LogP contribution is 2.23. The predicted octanol–water partition coefficient (Wildman–Crippen LogP) is 2.53. The first kappa shape index (κ1) is 15.4. The summed E-state index contributed by atoms with van der Waals surface area (Å²) in [7, 11) is -3.82. The molecule has 0 bridgehead atoms. The number of rotatable bonds is 4. The van der Waals surface area contributed by atoms with Gasteiger partial charge in [-0.2, -0.15) is 0 Å². The van der Waals surface area contributed by atoms with E-state index in [1.807, 2.05) is 0 Å². The lowest BCUT2D eigenvalue weighted by Gasteiger charge is -2.12. The number of halogens is 2. The molecule has 0 aliphatic rings. The molecule has 0 heterocycles. The second-order valence-electron chi connectivity index (χ2n) is 4.56. The first-order chi connectivity index (χ1) is 9.79. The van der Waals surface area contributed by atoms with Gasteiger partial charge in [-0.05, 0) is 30.7 Å². The summed E-state index contributed by atoms with van der Waals surface area (Å²) >= 11 is 0. The van der Waals surface area contributed by atoms with Crippen molar-refractivity contribution in [1.29, 1.82) is 0 Å². The van der Waals surface area contributed by atoms with Gasteiger partial charge in [-0.25, -0.2) is 22.3 Å². The van der Waals surface area contributed by atoms with Gasteiger partial charge >= 0.3 is 0 Å². The number of nitrogens with one attached hydrogen (secondary N) is 1. The molecule has 0 radical (unpaired) electrons. The van der Waals surface area contributed by atoms with E-state index in [2.05, 4.69) is 5.32 Å². The van der Waals surface area contributed by atoms with E-state index in [1.54, 1.807) is 13.0 Å². The van der Waals surface area contributed by atoms with Crippen molar-refractivity contribution in [2.45, 2.75) is 18.4 Å². The van der Waals surface area contributed by atoms with E-state index in [1.165, 1.54) is 18.2 Å². The Morgan fingerprint density at radius 2 is 1.90 bits per heavy atom. The minimum Gasteiger partial charge on any atom is -0.381 e. The Hall–Kier alpha value is -1.99. The zero-order valence-corrected chi connectivity index (χ0v) is 12.0. The van der Waals surface area contributed by atoms with Crippen LogP contribution in [0.1, 0.15) is 11.1 Å². The van der Waals surface area contributed by atoms with Crippen molar-refractivity contribution in [3.8, 4) is 0 Å². The molecule has 0 unspecified atom stereocenters. The van der Waals surface area contributed by atoms with Crippen molar-refractivity contribution >= 4 is 15.7 Å². The number of hydrogen-bond donors (Lipinski definition) is 2. The van der Waals surface area contributed by atoms with Crippen molar-refractivity contribution in [1.82, 2.24) is 0 Å². The van der Waals surface area contributed by atoms with Gasteiger partial charge in [0, 0.05) is 23.9 Å². The molecule has 21 heavy (non-hydrogen) atoms. The van der Waals surface area contributed by atoms with Crippen LogP contribution in [0.4, 0.5) is 14.5 Å². The molecule has 2 rings (SSSR count). The summed E-state index contributed by atoms with van der Waals surface area (Å²) in [5.41, 5.74) is 1.24. The summed E-state index contributed by atoms with van der Waals surface area (Å²) in [6.45, 7) is 1.70. The van der Waals surface area contributed by atoms with Crippen LogP contribution in [0.15, 0.2) is 41.3 Å². The molecule has 0 aliphatic carbocycles. The quantitative estimate of drug-likeness (QED) is 0.911. The summed E-state index contributed by atoms with van der Waals surface area (Å²) < 4.78 is 49.2. The minimum atomic E-state index is -3.82. The molecule has 0 aliphatic heterocycles. The Morgan fingerprint density at radius 1 is 1.19 bits per heavy atom. The van der Waals surface area contributed by atoms with Crippen LogP contribution in [0, 0.1) is 18.6 Å². The van der Waals surface area contributed by atoms with Gasteiger partial charge in [-0.3, -0.25) is 0 Å². The third kappa shape index (κ3) is 3.56. The van der Waals surface area contributed by atoms with E-state index >= 15 is 0 Å². The summed E-state index contributed by atoms with van der Waals surface area (Å²) in [4.78, 5) is 0.00655. The molecule has 2 aromatic carbocycles. The maximum absolute atomic E-state index is 13.5. The Morgan fingerprint density at radius 3 is 2.52 bits per heavy atom. The highest BCUT2D eigenvalue weighted by molar-refractivity contribution is 7.89. The van der Waals surface area contributed by atoms with Crippen molar-refractivity contribution < 1.29 is 17.2 Å². The fourth-order valence-electron chi connectivity index (χ4n) is 1.97. The molecule has 0 atom stereocenters. The topological polar surface area (TPSA) is 72.2 Å². The molecule has 0 amide bonds. The van der Waals surface area contributed by atoms with Gasteiger partial charge in [-0.15, -0.1) is 0 Å². The fraction of sp³-hybridized carbons (Fsp3) is 0.143. The average Bonchev–Trinajstić information content (AvgIpc) is 2.38. The van der Waals surface area contributed by atoms with E-state index in [0.29, 0.717) is 11.3 Å². The number of sulfonamides is 1. The molecule has 0 spiro atoms. The number of benzene rings is 2. The summed E-state index contributed by atoms with van der Waals surface area (Å²) in [5.74, 6) is -1.31. The third-order valence-corrected chi connectivity index (χ3v) is 4.13. The van der Waals surface area contributed by atoms with E-state index < -0.39 is 21.7 Å². The van der Waals surface area contributed by atoms with Crippen LogP contribution in [0.5, 0.6) is 0 Å². The van der Waals surface area contributed by atoms with Gasteiger partial charge in [0.2, 0.25) is 10.0 Å². The van der Waals surface area contributed by atoms with E-state index in [-0.39, 0.29) is 17.0 Å². The Bertz CT molecular complexity index is 777. The molecule has 7 heteroatoms. The van der Waals surface area contributed by atoms with Crippen molar-refractivity contribution in [2.24, 2.45) is 5.14 Å². The summed E-state index contributed by atoms with van der Waals surface area (Å²) in [5, 5.41) is 8.04. The third-order valence-electron chi connectivity index (χ3n) is 3.08. The molecule has 0 saturated heterocycles. The van der Waals surface area contributed by atoms with Gasteiger partial charge < -0.3 is 5.32 Å². The SMILES string of the molecule is Cc1c(NCc2ccc(F)cc2F)cccc1S(N)(=O)=O. The number of primary sulfonamides is 1. The monoisotopic (exact) mass is 312 g/mol. The lowest BCUT2D eigenvalue weighted by molar-refractivity contribution is 0.574. The Kier molecular flexibility index (Phi) is 4.24. The van der Waals surface area contributed by atoms with Gasteiger partial charge in [0.1, 0.15) is 11.6 Å². The average molecular weight is 312 g/mol. The highest BCUT2D eigenvalue weighted by atomic mass is 32.2. The van der Waals surface area contributed by atoms with Gasteiger partial charge in [0.15, 0.2) is 0 Å². The maximum atomic E-state index is 13.5. The zero-order valence-electron chi connectivity index (χ0n) is 11.2. The van der Waals surface area contributed by atoms with Crippen LogP contribution in [0.2, 0.25) is 0 Å². The maximum Gasteiger partial charge on any atom is 0.238 e. The highest BCUT2D eigenvalue weighted by Gasteiger charge is 2.14. The van der Waals surface area contributed by atoms with Crippen molar-refractivity contribution in [3.05, 3.63) is 59.2 Å². The first-order valence-electron chi connectivity index (χ1n) is 6.09. The standard InChI is InChI=1S/C14H14F2N2O2S/c1-9-13(3-2-4-14(9)21(17,19)20)18-8-10-5-6-11(15)7-12(10)16/h2-7,18H,8H2,1H3,(H2,17,19,20). The molecule has 112 valence electrons. The molecule has 0 saturated carbocycles. The van der Waals surface area contributed by atoms with Crippen LogP contribution >= 0.6 is 0 Å². The molecule has 0 aromatic heterocycles.